The highest BCUT2D eigenvalue weighted by Gasteiger charge is 2.22. The van der Waals surface area contributed by atoms with Crippen molar-refractivity contribution in [3.63, 3.8) is 0 Å². The lowest BCUT2D eigenvalue weighted by molar-refractivity contribution is -0.148. The van der Waals surface area contributed by atoms with E-state index in [4.69, 9.17) is 25.8 Å². The largest absolute Gasteiger partial charge is 0.506 e. The number of carbonyl (C=O) groups excluding carboxylic acids is 1. The zero-order valence-corrected chi connectivity index (χ0v) is 20.1. The molecule has 2 heterocycles. The predicted octanol–water partition coefficient (Wildman–Crippen LogP) is 4.29. The molecule has 1 fully saturated rings. The van der Waals surface area contributed by atoms with Crippen LogP contribution < -0.4 is 14.8 Å². The summed E-state index contributed by atoms with van der Waals surface area (Å²) in [5.74, 6) is -0.171. The fourth-order valence-corrected chi connectivity index (χ4v) is 4.14. The van der Waals surface area contributed by atoms with Crippen LogP contribution in [0.25, 0.3) is 10.9 Å². The minimum atomic E-state index is -0.652. The first kappa shape index (κ1) is 24.7. The van der Waals surface area contributed by atoms with Gasteiger partial charge in [0, 0.05) is 31.0 Å². The maximum Gasteiger partial charge on any atom is 0.303 e. The first-order valence-electron chi connectivity index (χ1n) is 11.1. The van der Waals surface area contributed by atoms with Crippen LogP contribution in [0.3, 0.4) is 0 Å². The second kappa shape index (κ2) is 10.9. The van der Waals surface area contributed by atoms with E-state index in [1.165, 1.54) is 26.4 Å². The summed E-state index contributed by atoms with van der Waals surface area (Å²) in [6.07, 6.45) is 3.14. The number of phenolic OH excluding ortho intramolecular Hbond substituents is 1. The molecular formula is C24H26ClFN4O5. The molecule has 1 aliphatic heterocycles. The number of halogens is 2. The van der Waals surface area contributed by atoms with Crippen molar-refractivity contribution in [3.8, 4) is 17.2 Å². The van der Waals surface area contributed by atoms with E-state index in [-0.39, 0.29) is 29.0 Å². The van der Waals surface area contributed by atoms with Crippen molar-refractivity contribution in [1.82, 2.24) is 14.9 Å². The lowest BCUT2D eigenvalue weighted by Gasteiger charge is -2.23. The second-order valence-corrected chi connectivity index (χ2v) is 8.61. The van der Waals surface area contributed by atoms with Crippen molar-refractivity contribution >= 4 is 40.0 Å². The zero-order chi connectivity index (χ0) is 24.9. The number of ether oxygens (including phenoxy) is 3. The molecule has 2 N–H and O–H groups in total. The third kappa shape index (κ3) is 6.01. The number of phenols is 1. The van der Waals surface area contributed by atoms with Crippen LogP contribution in [0, 0.1) is 5.82 Å². The highest BCUT2D eigenvalue weighted by atomic mass is 35.5. The predicted molar refractivity (Wildman–Crippen MR) is 129 cm³/mol. The smallest absolute Gasteiger partial charge is 0.303 e. The molecule has 1 unspecified atom stereocenters. The molecule has 1 aliphatic rings. The maximum absolute atomic E-state index is 14.4. The number of nitrogens with zero attached hydrogens (tertiary/aromatic N) is 3. The normalized spacial score (nSPS) is 14.6. The molecule has 9 nitrogen and oxygen atoms in total. The van der Waals surface area contributed by atoms with Crippen molar-refractivity contribution in [1.29, 1.82) is 0 Å². The van der Waals surface area contributed by atoms with Gasteiger partial charge < -0.3 is 24.6 Å². The lowest BCUT2D eigenvalue weighted by Crippen LogP contribution is -2.36. The van der Waals surface area contributed by atoms with E-state index in [1.54, 1.807) is 12.1 Å². The van der Waals surface area contributed by atoms with E-state index in [0.29, 0.717) is 34.8 Å². The Balaban J connectivity index is 1.58. The van der Waals surface area contributed by atoms with Crippen molar-refractivity contribution in [2.24, 2.45) is 0 Å². The highest BCUT2D eigenvalue weighted by Crippen LogP contribution is 2.36. The molecule has 0 bridgehead atoms. The van der Waals surface area contributed by atoms with Crippen molar-refractivity contribution < 1.29 is 28.5 Å². The van der Waals surface area contributed by atoms with Crippen molar-refractivity contribution in [3.05, 3.63) is 41.4 Å². The molecule has 0 amide bonds. The van der Waals surface area contributed by atoms with E-state index in [9.17, 15) is 14.3 Å². The minimum Gasteiger partial charge on any atom is -0.506 e. The Labute approximate surface area is 206 Å². The third-order valence-electron chi connectivity index (χ3n) is 5.63. The molecule has 0 aliphatic carbocycles. The van der Waals surface area contributed by atoms with Crippen LogP contribution in [0.4, 0.5) is 15.9 Å². The van der Waals surface area contributed by atoms with Crippen molar-refractivity contribution in [2.75, 3.05) is 38.7 Å². The molecule has 4 rings (SSSR count). The number of fused-ring (bicyclic) bond motifs is 1. The summed E-state index contributed by atoms with van der Waals surface area (Å²) in [6, 6.07) is 5.53. The summed E-state index contributed by atoms with van der Waals surface area (Å²) in [7, 11) is 1.50. The molecule has 1 atom stereocenters. The van der Waals surface area contributed by atoms with E-state index in [0.717, 1.165) is 32.0 Å². The van der Waals surface area contributed by atoms with Gasteiger partial charge in [0.1, 0.15) is 36.4 Å². The summed E-state index contributed by atoms with van der Waals surface area (Å²) < 4.78 is 31.3. The topological polar surface area (TPSA) is 106 Å². The summed E-state index contributed by atoms with van der Waals surface area (Å²) >= 11 is 5.76. The number of rotatable bonds is 9. The Morgan fingerprint density at radius 3 is 2.71 bits per heavy atom. The Morgan fingerprint density at radius 1 is 1.23 bits per heavy atom. The van der Waals surface area contributed by atoms with Crippen LogP contribution in [0.5, 0.6) is 17.2 Å². The molecule has 11 heteroatoms. The van der Waals surface area contributed by atoms with Gasteiger partial charge in [-0.05, 0) is 38.1 Å². The maximum atomic E-state index is 14.4. The van der Waals surface area contributed by atoms with E-state index in [1.807, 2.05) is 0 Å². The SMILES string of the molecule is COc1cc2c(Nc3cc(O)c(Cl)cc3F)ncnc2cc1OCC(CN1CCCC1)OC(C)=O. The number of aromatic nitrogens is 2. The van der Waals surface area contributed by atoms with Gasteiger partial charge in [-0.25, -0.2) is 14.4 Å². The zero-order valence-electron chi connectivity index (χ0n) is 19.4. The molecule has 0 spiro atoms. The number of hydrogen-bond acceptors (Lipinski definition) is 9. The van der Waals surface area contributed by atoms with Gasteiger partial charge >= 0.3 is 5.97 Å². The van der Waals surface area contributed by atoms with Crippen LogP contribution in [0.15, 0.2) is 30.6 Å². The van der Waals surface area contributed by atoms with E-state index in [2.05, 4.69) is 20.2 Å². The molecular weight excluding hydrogens is 479 g/mol. The van der Waals surface area contributed by atoms with Gasteiger partial charge in [-0.1, -0.05) is 11.6 Å². The van der Waals surface area contributed by atoms with Gasteiger partial charge in [-0.2, -0.15) is 0 Å². The summed E-state index contributed by atoms with van der Waals surface area (Å²) in [5.41, 5.74) is 0.512. The van der Waals surface area contributed by atoms with Crippen molar-refractivity contribution in [2.45, 2.75) is 25.9 Å². The standard InChI is InChI=1S/C24H26ClFN4O5/c1-14(31)35-15(11-30-5-3-4-6-30)12-34-23-10-19-16(7-22(23)33-2)24(28-13-27-19)29-20-9-21(32)17(25)8-18(20)26/h7-10,13,15,32H,3-6,11-12H2,1-2H3,(H,27,28,29). The first-order valence-corrected chi connectivity index (χ1v) is 11.5. The van der Waals surface area contributed by atoms with Gasteiger partial charge in [-0.3, -0.25) is 9.69 Å². The average Bonchev–Trinajstić information content (AvgIpc) is 3.33. The molecule has 186 valence electrons. The van der Waals surface area contributed by atoms with E-state index >= 15 is 0 Å². The number of carbonyl (C=O) groups is 1. The van der Waals surface area contributed by atoms with E-state index < -0.39 is 11.9 Å². The highest BCUT2D eigenvalue weighted by molar-refractivity contribution is 6.32. The lowest BCUT2D eigenvalue weighted by atomic mass is 10.2. The number of nitrogens with one attached hydrogen (secondary N) is 1. The number of methoxy groups -OCH3 is 1. The monoisotopic (exact) mass is 504 g/mol. The van der Waals surface area contributed by atoms with Gasteiger partial charge in [0.25, 0.3) is 0 Å². The summed E-state index contributed by atoms with van der Waals surface area (Å²) in [6.45, 7) is 4.04. The van der Waals surface area contributed by atoms with Gasteiger partial charge in [-0.15, -0.1) is 0 Å². The molecule has 2 aromatic carbocycles. The fraction of sp³-hybridized carbons (Fsp3) is 0.375. The second-order valence-electron chi connectivity index (χ2n) is 8.20. The molecule has 35 heavy (non-hydrogen) atoms. The molecule has 3 aromatic rings. The Bertz CT molecular complexity index is 1220. The van der Waals surface area contributed by atoms with Crippen LogP contribution in [0.1, 0.15) is 19.8 Å². The summed E-state index contributed by atoms with van der Waals surface area (Å²) in [4.78, 5) is 22.3. The number of hydrogen-bond donors (Lipinski definition) is 2. The number of anilines is 2. The number of aromatic hydroxyl groups is 1. The first-order chi connectivity index (χ1) is 16.8. The van der Waals surface area contributed by atoms with Crippen LogP contribution in [-0.4, -0.2) is 65.4 Å². The Morgan fingerprint density at radius 2 is 2.00 bits per heavy atom. The fourth-order valence-electron chi connectivity index (χ4n) is 3.99. The average molecular weight is 505 g/mol. The molecule has 1 saturated heterocycles. The Kier molecular flexibility index (Phi) is 7.72. The molecule has 1 aromatic heterocycles. The van der Waals surface area contributed by atoms with Gasteiger partial charge in [0.2, 0.25) is 0 Å². The quantitative estimate of drug-likeness (QED) is 0.413. The number of esters is 1. The number of benzene rings is 2. The molecule has 0 radical (unpaired) electrons. The summed E-state index contributed by atoms with van der Waals surface area (Å²) in [5, 5.41) is 13.1. The minimum absolute atomic E-state index is 0.00247. The Hall–Kier alpha value is -3.37. The molecule has 0 saturated carbocycles. The number of likely N-dealkylation sites (tertiary alicyclic amines) is 1. The van der Waals surface area contributed by atoms with Crippen LogP contribution in [-0.2, 0) is 9.53 Å². The van der Waals surface area contributed by atoms with Gasteiger partial charge in [0.15, 0.2) is 11.5 Å². The third-order valence-corrected chi connectivity index (χ3v) is 5.93. The van der Waals surface area contributed by atoms with Crippen LogP contribution >= 0.6 is 11.6 Å². The van der Waals surface area contributed by atoms with Gasteiger partial charge in [0.05, 0.1) is 23.3 Å². The van der Waals surface area contributed by atoms with Crippen LogP contribution in [0.2, 0.25) is 5.02 Å².